The first-order valence-corrected chi connectivity index (χ1v) is 12.0. The molecule has 0 saturated carbocycles. The van der Waals surface area contributed by atoms with Crippen molar-refractivity contribution in [2.24, 2.45) is 5.73 Å². The number of carbonyl (C=O) groups is 2. The quantitative estimate of drug-likeness (QED) is 0.672. The maximum atomic E-state index is 12.7. The lowest BCUT2D eigenvalue weighted by molar-refractivity contribution is -0.131. The molecular formula is C27H34N3O3. The number of nitrogens with two attached hydrogens (primary N) is 1. The van der Waals surface area contributed by atoms with Crippen molar-refractivity contribution in [3.8, 4) is 5.75 Å². The Kier molecular flexibility index (Phi) is 8.00. The van der Waals surface area contributed by atoms with Gasteiger partial charge in [-0.3, -0.25) is 14.5 Å². The second-order valence-electron chi connectivity index (χ2n) is 9.03. The van der Waals surface area contributed by atoms with Gasteiger partial charge in [-0.1, -0.05) is 48.9 Å². The number of nitrogens with zero attached hydrogens (tertiary/aromatic N) is 2. The third-order valence-corrected chi connectivity index (χ3v) is 6.80. The van der Waals surface area contributed by atoms with Crippen LogP contribution in [0, 0.1) is 6.42 Å². The molecule has 0 aromatic heterocycles. The van der Waals surface area contributed by atoms with E-state index in [1.54, 1.807) is 6.42 Å². The molecule has 2 amide bonds. The zero-order valence-electron chi connectivity index (χ0n) is 19.2. The Balaban J connectivity index is 1.20. The van der Waals surface area contributed by atoms with Gasteiger partial charge in [0.05, 0.1) is 12.5 Å². The predicted molar refractivity (Wildman–Crippen MR) is 128 cm³/mol. The summed E-state index contributed by atoms with van der Waals surface area (Å²) in [5.41, 5.74) is 7.85. The van der Waals surface area contributed by atoms with Gasteiger partial charge >= 0.3 is 0 Å². The van der Waals surface area contributed by atoms with Crippen LogP contribution in [0.15, 0.2) is 54.6 Å². The van der Waals surface area contributed by atoms with E-state index < -0.39 is 0 Å². The van der Waals surface area contributed by atoms with Gasteiger partial charge in [0.25, 0.3) is 0 Å². The Morgan fingerprint density at radius 2 is 1.64 bits per heavy atom. The summed E-state index contributed by atoms with van der Waals surface area (Å²) in [4.78, 5) is 28.8. The predicted octanol–water partition coefficient (Wildman–Crippen LogP) is 3.34. The number of hydrogen-bond acceptors (Lipinski definition) is 4. The Morgan fingerprint density at radius 1 is 0.909 bits per heavy atom. The van der Waals surface area contributed by atoms with E-state index in [-0.39, 0.29) is 17.9 Å². The van der Waals surface area contributed by atoms with Crippen LogP contribution in [0.1, 0.15) is 43.2 Å². The summed E-state index contributed by atoms with van der Waals surface area (Å²) in [6.45, 7) is 2.93. The molecule has 6 nitrogen and oxygen atoms in total. The first-order chi connectivity index (χ1) is 16.1. The highest BCUT2D eigenvalue weighted by Gasteiger charge is 2.34. The summed E-state index contributed by atoms with van der Waals surface area (Å²) >= 11 is 0. The van der Waals surface area contributed by atoms with Crippen LogP contribution in [0.4, 0.5) is 0 Å². The minimum atomic E-state index is -0.210. The number of ether oxygens (including phenoxy) is 1. The minimum Gasteiger partial charge on any atom is -0.489 e. The average molecular weight is 449 g/mol. The number of likely N-dealkylation sites (tertiary alicyclic amines) is 2. The lowest BCUT2D eigenvalue weighted by Gasteiger charge is -2.43. The summed E-state index contributed by atoms with van der Waals surface area (Å²) in [6.07, 6.45) is 7.22. The molecule has 1 radical (unpaired) electrons. The Morgan fingerprint density at radius 3 is 2.33 bits per heavy atom. The number of piperidine rings is 2. The standard InChI is InChI=1S/C27H34N3O3/c28-27(32)25-8-4-5-17-30(25)23-15-18-29(19-16-23)26(31)14-11-21-9-12-24(13-10-21)33-20-22-6-2-1-3-7-22/h1-3,6-7,9-10,12-14,23,25H,4-5,8,11,15-20H2,(H2,28,32). The van der Waals surface area contributed by atoms with Crippen molar-refractivity contribution in [1.82, 2.24) is 9.80 Å². The van der Waals surface area contributed by atoms with Crippen molar-refractivity contribution < 1.29 is 14.3 Å². The Hall–Kier alpha value is -2.86. The van der Waals surface area contributed by atoms with Crippen LogP contribution < -0.4 is 10.5 Å². The van der Waals surface area contributed by atoms with Crippen LogP contribution in [0.2, 0.25) is 0 Å². The lowest BCUT2D eigenvalue weighted by atomic mass is 9.94. The Bertz CT molecular complexity index is 908. The lowest BCUT2D eigenvalue weighted by Crippen LogP contribution is -2.55. The summed E-state index contributed by atoms with van der Waals surface area (Å²) < 4.78 is 5.83. The number of carbonyl (C=O) groups excluding carboxylic acids is 2. The van der Waals surface area contributed by atoms with E-state index in [2.05, 4.69) is 4.90 Å². The van der Waals surface area contributed by atoms with Crippen molar-refractivity contribution in [1.29, 1.82) is 0 Å². The third-order valence-electron chi connectivity index (χ3n) is 6.80. The van der Waals surface area contributed by atoms with Crippen LogP contribution >= 0.6 is 0 Å². The minimum absolute atomic E-state index is 0.0861. The summed E-state index contributed by atoms with van der Waals surface area (Å²) in [6, 6.07) is 18.2. The first-order valence-electron chi connectivity index (χ1n) is 12.0. The van der Waals surface area contributed by atoms with Crippen molar-refractivity contribution in [2.45, 2.75) is 57.2 Å². The normalized spacial score (nSPS) is 19.9. The summed E-state index contributed by atoms with van der Waals surface area (Å²) in [5.74, 6) is 0.698. The van der Waals surface area contributed by atoms with Gasteiger partial charge < -0.3 is 15.4 Å². The molecule has 2 saturated heterocycles. The molecule has 2 aromatic carbocycles. The van der Waals surface area contributed by atoms with Crippen molar-refractivity contribution in [3.05, 3.63) is 72.1 Å². The van der Waals surface area contributed by atoms with E-state index >= 15 is 0 Å². The molecule has 1 unspecified atom stereocenters. The highest BCUT2D eigenvalue weighted by Crippen LogP contribution is 2.25. The third kappa shape index (κ3) is 6.35. The van der Waals surface area contributed by atoms with E-state index in [1.165, 1.54) is 0 Å². The number of amides is 2. The molecule has 175 valence electrons. The summed E-state index contributed by atoms with van der Waals surface area (Å²) in [5, 5.41) is 0. The second kappa shape index (κ2) is 11.3. The van der Waals surface area contributed by atoms with Gasteiger partial charge in [-0.15, -0.1) is 0 Å². The molecule has 1 atom stereocenters. The zero-order valence-corrected chi connectivity index (χ0v) is 19.2. The second-order valence-corrected chi connectivity index (χ2v) is 9.03. The van der Waals surface area contributed by atoms with Crippen LogP contribution in [0.25, 0.3) is 0 Å². The molecule has 0 bridgehead atoms. The maximum absolute atomic E-state index is 12.7. The molecule has 33 heavy (non-hydrogen) atoms. The Labute approximate surface area is 196 Å². The van der Waals surface area contributed by atoms with Gasteiger partial charge in [0, 0.05) is 19.1 Å². The van der Waals surface area contributed by atoms with E-state index in [4.69, 9.17) is 10.5 Å². The van der Waals surface area contributed by atoms with Crippen LogP contribution in [-0.4, -0.2) is 53.3 Å². The molecule has 4 rings (SSSR count). The molecule has 0 spiro atoms. The van der Waals surface area contributed by atoms with Crippen LogP contribution in [-0.2, 0) is 22.6 Å². The molecule has 2 fully saturated rings. The van der Waals surface area contributed by atoms with E-state index in [0.29, 0.717) is 19.1 Å². The number of hydrogen-bond donors (Lipinski definition) is 1. The molecule has 0 aliphatic carbocycles. The molecule has 6 heteroatoms. The highest BCUT2D eigenvalue weighted by atomic mass is 16.5. The molecule has 2 N–H and O–H groups in total. The average Bonchev–Trinajstić information content (AvgIpc) is 2.87. The highest BCUT2D eigenvalue weighted by molar-refractivity contribution is 5.85. The van der Waals surface area contributed by atoms with Gasteiger partial charge in [0.1, 0.15) is 12.4 Å². The van der Waals surface area contributed by atoms with Gasteiger partial charge in [-0.05, 0) is 61.9 Å². The molecule has 2 heterocycles. The first kappa shape index (κ1) is 23.3. The molecule has 2 aliphatic heterocycles. The van der Waals surface area contributed by atoms with Gasteiger partial charge in [-0.2, -0.15) is 0 Å². The number of benzene rings is 2. The van der Waals surface area contributed by atoms with E-state index in [9.17, 15) is 9.59 Å². The molecule has 2 aliphatic rings. The van der Waals surface area contributed by atoms with Crippen molar-refractivity contribution >= 4 is 11.8 Å². The maximum Gasteiger partial charge on any atom is 0.234 e. The van der Waals surface area contributed by atoms with E-state index in [0.717, 1.165) is 68.6 Å². The fourth-order valence-corrected chi connectivity index (χ4v) is 4.91. The largest absolute Gasteiger partial charge is 0.489 e. The topological polar surface area (TPSA) is 75.9 Å². The number of rotatable bonds is 8. The van der Waals surface area contributed by atoms with Gasteiger partial charge in [-0.25, -0.2) is 0 Å². The fourth-order valence-electron chi connectivity index (χ4n) is 4.91. The van der Waals surface area contributed by atoms with E-state index in [1.807, 2.05) is 59.5 Å². The van der Waals surface area contributed by atoms with Crippen molar-refractivity contribution in [2.75, 3.05) is 19.6 Å². The van der Waals surface area contributed by atoms with Gasteiger partial charge in [0.2, 0.25) is 11.8 Å². The summed E-state index contributed by atoms with van der Waals surface area (Å²) in [7, 11) is 0. The van der Waals surface area contributed by atoms with Crippen LogP contribution in [0.5, 0.6) is 5.75 Å². The van der Waals surface area contributed by atoms with Gasteiger partial charge in [0.15, 0.2) is 0 Å². The van der Waals surface area contributed by atoms with Crippen molar-refractivity contribution in [3.63, 3.8) is 0 Å². The monoisotopic (exact) mass is 448 g/mol. The zero-order chi connectivity index (χ0) is 23.0. The molecular weight excluding hydrogens is 414 g/mol. The van der Waals surface area contributed by atoms with Crippen LogP contribution in [0.3, 0.4) is 0 Å². The SMILES string of the molecule is NC(=O)C1CCCCN1C1CCN(C(=O)[CH]Cc2ccc(OCc3ccccc3)cc2)CC1. The fraction of sp³-hybridized carbons (Fsp3) is 0.444. The number of primary amides is 1. The molecule has 2 aromatic rings. The smallest absolute Gasteiger partial charge is 0.234 e.